The van der Waals surface area contributed by atoms with Gasteiger partial charge in [-0.15, -0.1) is 0 Å². The van der Waals surface area contributed by atoms with E-state index in [1.807, 2.05) is 0 Å². The fourth-order valence-corrected chi connectivity index (χ4v) is 4.56. The van der Waals surface area contributed by atoms with E-state index in [2.05, 4.69) is 42.4 Å². The molecule has 1 saturated heterocycles. The highest BCUT2D eigenvalue weighted by molar-refractivity contribution is 5.37. The van der Waals surface area contributed by atoms with Crippen LogP contribution in [0.5, 0.6) is 0 Å². The van der Waals surface area contributed by atoms with E-state index >= 15 is 0 Å². The van der Waals surface area contributed by atoms with Gasteiger partial charge >= 0.3 is 0 Å². The quantitative estimate of drug-likeness (QED) is 0.660. The maximum atomic E-state index is 6.08. The first-order chi connectivity index (χ1) is 10.2. The third kappa shape index (κ3) is 2.52. The molecule has 1 atom stereocenters. The average Bonchev–Trinajstić information content (AvgIpc) is 3.15. The maximum Gasteiger partial charge on any atom is 0.0646 e. The van der Waals surface area contributed by atoms with Crippen LogP contribution in [0.1, 0.15) is 61.3 Å². The SMILES string of the molecule is Cc1cccc(C(NN)C2(N3CCCC3)CCCC2)c1C. The lowest BCUT2D eigenvalue weighted by Crippen LogP contribution is -2.55. The van der Waals surface area contributed by atoms with Gasteiger partial charge in [-0.05, 0) is 69.3 Å². The summed E-state index contributed by atoms with van der Waals surface area (Å²) in [6.07, 6.45) is 7.89. The van der Waals surface area contributed by atoms with Gasteiger partial charge in [-0.25, -0.2) is 0 Å². The molecule has 3 heteroatoms. The molecule has 2 fully saturated rings. The molecular formula is C18H29N3. The van der Waals surface area contributed by atoms with Gasteiger partial charge in [-0.2, -0.15) is 0 Å². The Hall–Kier alpha value is -0.900. The summed E-state index contributed by atoms with van der Waals surface area (Å²) in [7, 11) is 0. The van der Waals surface area contributed by atoms with E-state index in [1.165, 1.54) is 68.3 Å². The first kappa shape index (κ1) is 15.0. The third-order valence-electron chi connectivity index (χ3n) is 5.87. The number of benzene rings is 1. The van der Waals surface area contributed by atoms with Gasteiger partial charge in [-0.3, -0.25) is 16.2 Å². The summed E-state index contributed by atoms with van der Waals surface area (Å²) in [5.41, 5.74) is 7.58. The van der Waals surface area contributed by atoms with Crippen molar-refractivity contribution in [3.05, 3.63) is 34.9 Å². The van der Waals surface area contributed by atoms with E-state index in [-0.39, 0.29) is 11.6 Å². The summed E-state index contributed by atoms with van der Waals surface area (Å²) in [6.45, 7) is 6.91. The van der Waals surface area contributed by atoms with Crippen LogP contribution in [0.3, 0.4) is 0 Å². The largest absolute Gasteiger partial charge is 0.296 e. The third-order valence-corrected chi connectivity index (χ3v) is 5.87. The van der Waals surface area contributed by atoms with Crippen LogP contribution in [0.25, 0.3) is 0 Å². The molecule has 3 nitrogen and oxygen atoms in total. The minimum Gasteiger partial charge on any atom is -0.296 e. The lowest BCUT2D eigenvalue weighted by Gasteiger charge is -2.45. The van der Waals surface area contributed by atoms with Crippen LogP contribution in [0.4, 0.5) is 0 Å². The molecule has 1 unspecified atom stereocenters. The highest BCUT2D eigenvalue weighted by Gasteiger charge is 2.47. The van der Waals surface area contributed by atoms with Crippen molar-refractivity contribution in [2.45, 2.75) is 64.0 Å². The van der Waals surface area contributed by atoms with Crippen molar-refractivity contribution in [1.82, 2.24) is 10.3 Å². The number of nitrogens with one attached hydrogen (secondary N) is 1. The van der Waals surface area contributed by atoms with Gasteiger partial charge in [0, 0.05) is 5.54 Å². The first-order valence-electron chi connectivity index (χ1n) is 8.46. The van der Waals surface area contributed by atoms with E-state index in [0.29, 0.717) is 0 Å². The zero-order valence-electron chi connectivity index (χ0n) is 13.5. The van der Waals surface area contributed by atoms with Gasteiger partial charge in [0.2, 0.25) is 0 Å². The zero-order chi connectivity index (χ0) is 14.9. The minimum atomic E-state index is 0.226. The number of nitrogens with two attached hydrogens (primary N) is 1. The second-order valence-electron chi connectivity index (χ2n) is 6.89. The predicted molar refractivity (Wildman–Crippen MR) is 88.0 cm³/mol. The average molecular weight is 287 g/mol. The van der Waals surface area contributed by atoms with Crippen molar-refractivity contribution < 1.29 is 0 Å². The Morgan fingerprint density at radius 2 is 1.76 bits per heavy atom. The molecular weight excluding hydrogens is 258 g/mol. The summed E-state index contributed by atoms with van der Waals surface area (Å²) in [6, 6.07) is 6.89. The number of hydrazine groups is 1. The Balaban J connectivity index is 2.01. The molecule has 116 valence electrons. The van der Waals surface area contributed by atoms with Crippen LogP contribution in [-0.2, 0) is 0 Å². The van der Waals surface area contributed by atoms with Crippen LogP contribution in [0.15, 0.2) is 18.2 Å². The van der Waals surface area contributed by atoms with E-state index in [1.54, 1.807) is 0 Å². The highest BCUT2D eigenvalue weighted by atomic mass is 15.3. The Morgan fingerprint density at radius 1 is 1.10 bits per heavy atom. The topological polar surface area (TPSA) is 41.3 Å². The summed E-state index contributed by atoms with van der Waals surface area (Å²) >= 11 is 0. The molecule has 1 aliphatic heterocycles. The van der Waals surface area contributed by atoms with Crippen molar-refractivity contribution >= 4 is 0 Å². The van der Waals surface area contributed by atoms with Crippen LogP contribution >= 0.6 is 0 Å². The number of aryl methyl sites for hydroxylation is 1. The molecule has 0 bridgehead atoms. The van der Waals surface area contributed by atoms with Gasteiger partial charge in [0.15, 0.2) is 0 Å². The standard InChI is InChI=1S/C18H29N3/c1-14-8-7-9-16(15(14)2)17(20-19)18(10-3-4-11-18)21-12-5-6-13-21/h7-9,17,20H,3-6,10-13,19H2,1-2H3. The molecule has 3 N–H and O–H groups in total. The van der Waals surface area contributed by atoms with Crippen molar-refractivity contribution in [2.24, 2.45) is 5.84 Å². The summed E-state index contributed by atoms with van der Waals surface area (Å²) in [4.78, 5) is 2.73. The summed E-state index contributed by atoms with van der Waals surface area (Å²) in [5.74, 6) is 6.08. The minimum absolute atomic E-state index is 0.226. The molecule has 1 heterocycles. The van der Waals surface area contributed by atoms with E-state index in [9.17, 15) is 0 Å². The number of likely N-dealkylation sites (tertiary alicyclic amines) is 1. The smallest absolute Gasteiger partial charge is 0.0646 e. The molecule has 1 saturated carbocycles. The van der Waals surface area contributed by atoms with Crippen LogP contribution < -0.4 is 11.3 Å². The molecule has 2 aliphatic rings. The van der Waals surface area contributed by atoms with E-state index in [4.69, 9.17) is 5.84 Å². The van der Waals surface area contributed by atoms with E-state index < -0.39 is 0 Å². The van der Waals surface area contributed by atoms with Gasteiger partial charge < -0.3 is 0 Å². The Morgan fingerprint density at radius 3 is 2.38 bits per heavy atom. The Labute approximate surface area is 128 Å². The molecule has 0 spiro atoms. The van der Waals surface area contributed by atoms with Gasteiger partial charge in [0.25, 0.3) is 0 Å². The lowest BCUT2D eigenvalue weighted by atomic mass is 9.80. The number of hydrogen-bond donors (Lipinski definition) is 2. The number of hydrogen-bond acceptors (Lipinski definition) is 3. The fourth-order valence-electron chi connectivity index (χ4n) is 4.56. The molecule has 3 rings (SSSR count). The molecule has 21 heavy (non-hydrogen) atoms. The number of rotatable bonds is 4. The number of nitrogens with zero attached hydrogens (tertiary/aromatic N) is 1. The summed E-state index contributed by atoms with van der Waals surface area (Å²) in [5, 5.41) is 0. The van der Waals surface area contributed by atoms with Crippen LogP contribution in [0, 0.1) is 13.8 Å². The molecule has 0 radical (unpaired) electrons. The normalized spacial score (nSPS) is 23.6. The maximum absolute atomic E-state index is 6.08. The molecule has 1 aliphatic carbocycles. The van der Waals surface area contributed by atoms with E-state index in [0.717, 1.165) is 0 Å². The van der Waals surface area contributed by atoms with Gasteiger partial charge in [-0.1, -0.05) is 31.0 Å². The van der Waals surface area contributed by atoms with Gasteiger partial charge in [0.1, 0.15) is 0 Å². The Kier molecular flexibility index (Phi) is 4.34. The predicted octanol–water partition coefficient (Wildman–Crippen LogP) is 3.22. The monoisotopic (exact) mass is 287 g/mol. The molecule has 1 aromatic rings. The van der Waals surface area contributed by atoms with Crippen LogP contribution in [0.2, 0.25) is 0 Å². The second kappa shape index (κ2) is 6.07. The lowest BCUT2D eigenvalue weighted by molar-refractivity contribution is 0.0761. The second-order valence-corrected chi connectivity index (χ2v) is 6.89. The van der Waals surface area contributed by atoms with Crippen molar-refractivity contribution in [2.75, 3.05) is 13.1 Å². The fraction of sp³-hybridized carbons (Fsp3) is 0.667. The zero-order valence-corrected chi connectivity index (χ0v) is 13.5. The van der Waals surface area contributed by atoms with Gasteiger partial charge in [0.05, 0.1) is 6.04 Å². The van der Waals surface area contributed by atoms with Crippen LogP contribution in [-0.4, -0.2) is 23.5 Å². The van der Waals surface area contributed by atoms with Crippen molar-refractivity contribution in [1.29, 1.82) is 0 Å². The van der Waals surface area contributed by atoms with Crippen molar-refractivity contribution in [3.8, 4) is 0 Å². The Bertz CT molecular complexity index is 485. The highest BCUT2D eigenvalue weighted by Crippen LogP contribution is 2.46. The van der Waals surface area contributed by atoms with Crippen molar-refractivity contribution in [3.63, 3.8) is 0 Å². The molecule has 0 amide bonds. The molecule has 1 aromatic carbocycles. The first-order valence-corrected chi connectivity index (χ1v) is 8.46. The summed E-state index contributed by atoms with van der Waals surface area (Å²) < 4.78 is 0. The molecule has 0 aromatic heterocycles.